The number of likely N-dealkylation sites (N-methyl/N-ethyl adjacent to an activating group) is 1. The number of hydrogen-bond acceptors (Lipinski definition) is 5. The fourth-order valence-corrected chi connectivity index (χ4v) is 2.11. The lowest BCUT2D eigenvalue weighted by atomic mass is 10.0. The van der Waals surface area contributed by atoms with Crippen LogP contribution in [0, 0.1) is 0 Å². The van der Waals surface area contributed by atoms with E-state index in [1.807, 2.05) is 6.92 Å². The molecule has 1 aromatic carbocycles. The highest BCUT2D eigenvalue weighted by molar-refractivity contribution is 6.02. The molecular weight excluding hydrogens is 286 g/mol. The van der Waals surface area contributed by atoms with Crippen molar-refractivity contribution in [1.82, 2.24) is 4.90 Å². The van der Waals surface area contributed by atoms with Gasteiger partial charge in [-0.05, 0) is 24.6 Å². The van der Waals surface area contributed by atoms with Crippen molar-refractivity contribution in [1.29, 1.82) is 0 Å². The number of Topliss-reactive ketones (excluding diaryl/α,β-unsaturated/α-hetero) is 1. The van der Waals surface area contributed by atoms with Crippen LogP contribution >= 0.6 is 0 Å². The number of carbonyl (C=O) groups excluding carboxylic acids is 3. The van der Waals surface area contributed by atoms with Crippen LogP contribution in [0.25, 0.3) is 0 Å². The molecule has 0 aromatic heterocycles. The van der Waals surface area contributed by atoms with Crippen molar-refractivity contribution in [3.63, 3.8) is 0 Å². The molecule has 0 fully saturated rings. The Morgan fingerprint density at radius 2 is 1.82 bits per heavy atom. The van der Waals surface area contributed by atoms with E-state index < -0.39 is 12.0 Å². The molecule has 0 spiro atoms. The molecule has 120 valence electrons. The van der Waals surface area contributed by atoms with Crippen LogP contribution < -0.4 is 9.47 Å². The zero-order valence-corrected chi connectivity index (χ0v) is 13.5. The van der Waals surface area contributed by atoms with Crippen LogP contribution in [0.3, 0.4) is 0 Å². The first-order valence-corrected chi connectivity index (χ1v) is 6.95. The molecule has 0 aliphatic heterocycles. The smallest absolute Gasteiger partial charge is 0.308 e. The first kappa shape index (κ1) is 17.7. The maximum absolute atomic E-state index is 12.6. The molecule has 1 aromatic rings. The standard InChI is InChI=1S/C16H21NO5/c1-6-13(17(4)10(2)18)16(20)12-7-8-14(22-11(3)19)15(9-12)21-5/h7-9,13H,6H2,1-5H3. The second-order valence-electron chi connectivity index (χ2n) is 4.88. The van der Waals surface area contributed by atoms with Crippen molar-refractivity contribution in [2.75, 3.05) is 14.2 Å². The third-order valence-electron chi connectivity index (χ3n) is 3.36. The molecule has 1 rings (SSSR count). The molecule has 0 N–H and O–H groups in total. The first-order chi connectivity index (χ1) is 10.3. The molecule has 6 heteroatoms. The van der Waals surface area contributed by atoms with Gasteiger partial charge in [0.05, 0.1) is 13.2 Å². The number of hydrogen-bond donors (Lipinski definition) is 0. The summed E-state index contributed by atoms with van der Waals surface area (Å²) in [5.74, 6) is -0.294. The fourth-order valence-electron chi connectivity index (χ4n) is 2.11. The van der Waals surface area contributed by atoms with Gasteiger partial charge in [0.25, 0.3) is 0 Å². The number of methoxy groups -OCH3 is 1. The number of ether oxygens (including phenoxy) is 2. The second kappa shape index (κ2) is 7.59. The van der Waals surface area contributed by atoms with Crippen molar-refractivity contribution in [2.45, 2.75) is 33.2 Å². The van der Waals surface area contributed by atoms with Crippen molar-refractivity contribution in [2.24, 2.45) is 0 Å². The largest absolute Gasteiger partial charge is 0.493 e. The first-order valence-electron chi connectivity index (χ1n) is 6.95. The van der Waals surface area contributed by atoms with Crippen molar-refractivity contribution in [3.05, 3.63) is 23.8 Å². The highest BCUT2D eigenvalue weighted by atomic mass is 16.6. The lowest BCUT2D eigenvalue weighted by Crippen LogP contribution is -2.40. The van der Waals surface area contributed by atoms with Gasteiger partial charge >= 0.3 is 5.97 Å². The Hall–Kier alpha value is -2.37. The minimum Gasteiger partial charge on any atom is -0.493 e. The summed E-state index contributed by atoms with van der Waals surface area (Å²) in [7, 11) is 3.02. The number of ketones is 1. The molecule has 0 radical (unpaired) electrons. The summed E-state index contributed by atoms with van der Waals surface area (Å²) in [5, 5.41) is 0. The number of carbonyl (C=O) groups is 3. The van der Waals surface area contributed by atoms with Crippen LogP contribution in [0.4, 0.5) is 0 Å². The maximum atomic E-state index is 12.6. The number of benzene rings is 1. The second-order valence-corrected chi connectivity index (χ2v) is 4.88. The van der Waals surface area contributed by atoms with Crippen LogP contribution in [0.1, 0.15) is 37.6 Å². The van der Waals surface area contributed by atoms with E-state index >= 15 is 0 Å². The van der Waals surface area contributed by atoms with Crippen LogP contribution in [0.2, 0.25) is 0 Å². The Morgan fingerprint density at radius 3 is 2.27 bits per heavy atom. The summed E-state index contributed by atoms with van der Waals surface area (Å²) >= 11 is 0. The number of amides is 1. The Labute approximate surface area is 130 Å². The van der Waals surface area contributed by atoms with Crippen LogP contribution in [0.15, 0.2) is 18.2 Å². The minimum atomic E-state index is -0.540. The topological polar surface area (TPSA) is 72.9 Å². The van der Waals surface area contributed by atoms with Gasteiger partial charge in [0, 0.05) is 26.5 Å². The Morgan fingerprint density at radius 1 is 1.18 bits per heavy atom. The minimum absolute atomic E-state index is 0.177. The summed E-state index contributed by atoms with van der Waals surface area (Å²) in [5.41, 5.74) is 0.396. The third-order valence-corrected chi connectivity index (χ3v) is 3.36. The maximum Gasteiger partial charge on any atom is 0.308 e. The summed E-state index contributed by atoms with van der Waals surface area (Å²) in [6.45, 7) is 4.54. The van der Waals surface area contributed by atoms with Crippen molar-refractivity contribution < 1.29 is 23.9 Å². The predicted molar refractivity (Wildman–Crippen MR) is 81.2 cm³/mol. The van der Waals surface area contributed by atoms with Crippen molar-refractivity contribution in [3.8, 4) is 11.5 Å². The molecule has 0 saturated heterocycles. The van der Waals surface area contributed by atoms with Gasteiger partial charge < -0.3 is 14.4 Å². The predicted octanol–water partition coefficient (Wildman–Crippen LogP) is 2.06. The van der Waals surface area contributed by atoms with E-state index in [9.17, 15) is 14.4 Å². The lowest BCUT2D eigenvalue weighted by molar-refractivity contribution is -0.132. The summed E-state index contributed by atoms with van der Waals surface area (Å²) < 4.78 is 10.2. The van der Waals surface area contributed by atoms with E-state index in [1.165, 1.54) is 38.0 Å². The highest BCUT2D eigenvalue weighted by Gasteiger charge is 2.25. The number of esters is 1. The Kier molecular flexibility index (Phi) is 6.10. The van der Waals surface area contributed by atoms with Gasteiger partial charge in [-0.2, -0.15) is 0 Å². The molecule has 1 amide bonds. The van der Waals surface area contributed by atoms with Gasteiger partial charge in [-0.3, -0.25) is 14.4 Å². The van der Waals surface area contributed by atoms with Crippen LogP contribution in [-0.4, -0.2) is 42.8 Å². The van der Waals surface area contributed by atoms with Gasteiger partial charge in [-0.25, -0.2) is 0 Å². The molecule has 0 aliphatic carbocycles. The van der Waals surface area contributed by atoms with E-state index in [-0.39, 0.29) is 17.4 Å². The number of nitrogens with zero attached hydrogens (tertiary/aromatic N) is 1. The molecule has 1 atom stereocenters. The van der Waals surface area contributed by atoms with Crippen LogP contribution in [-0.2, 0) is 9.59 Å². The average Bonchev–Trinajstić information content (AvgIpc) is 2.47. The van der Waals surface area contributed by atoms with Crippen molar-refractivity contribution >= 4 is 17.7 Å². The normalized spacial score (nSPS) is 11.5. The summed E-state index contributed by atoms with van der Waals surface area (Å²) in [6, 6.07) is 4.03. The molecule has 0 heterocycles. The summed E-state index contributed by atoms with van der Waals surface area (Å²) in [4.78, 5) is 36.5. The zero-order valence-electron chi connectivity index (χ0n) is 13.5. The number of rotatable bonds is 6. The molecule has 0 aliphatic rings. The molecule has 0 saturated carbocycles. The molecule has 6 nitrogen and oxygen atoms in total. The van der Waals surface area contributed by atoms with E-state index in [0.717, 1.165) is 0 Å². The molecular formula is C16H21NO5. The summed E-state index contributed by atoms with van der Waals surface area (Å²) in [6.07, 6.45) is 0.503. The monoisotopic (exact) mass is 307 g/mol. The zero-order chi connectivity index (χ0) is 16.9. The van der Waals surface area contributed by atoms with Gasteiger partial charge in [-0.15, -0.1) is 0 Å². The lowest BCUT2D eigenvalue weighted by Gasteiger charge is -2.25. The SMILES string of the molecule is CCC(C(=O)c1ccc(OC(C)=O)c(OC)c1)N(C)C(C)=O. The van der Waals surface area contributed by atoms with Gasteiger partial charge in [0.2, 0.25) is 5.91 Å². The third kappa shape index (κ3) is 4.07. The van der Waals surface area contributed by atoms with Gasteiger partial charge in [-0.1, -0.05) is 6.92 Å². The van der Waals surface area contributed by atoms with E-state index in [2.05, 4.69) is 0 Å². The highest BCUT2D eigenvalue weighted by Crippen LogP contribution is 2.29. The van der Waals surface area contributed by atoms with Gasteiger partial charge in [0.1, 0.15) is 0 Å². The van der Waals surface area contributed by atoms with E-state index in [1.54, 1.807) is 13.1 Å². The Balaban J connectivity index is 3.12. The molecule has 22 heavy (non-hydrogen) atoms. The van der Waals surface area contributed by atoms with E-state index in [4.69, 9.17) is 9.47 Å². The van der Waals surface area contributed by atoms with E-state index in [0.29, 0.717) is 17.7 Å². The average molecular weight is 307 g/mol. The van der Waals surface area contributed by atoms with Crippen LogP contribution in [0.5, 0.6) is 11.5 Å². The fraction of sp³-hybridized carbons (Fsp3) is 0.438. The Bertz CT molecular complexity index is 582. The van der Waals surface area contributed by atoms with Gasteiger partial charge in [0.15, 0.2) is 17.3 Å². The molecule has 1 unspecified atom stereocenters. The quantitative estimate of drug-likeness (QED) is 0.457. The molecule has 0 bridgehead atoms.